The number of rotatable bonds is 8. The number of hydrogen-bond donors (Lipinski definition) is 1. The maximum absolute atomic E-state index is 12.7. The highest BCUT2D eigenvalue weighted by atomic mass is 35.5. The summed E-state index contributed by atoms with van der Waals surface area (Å²) in [5.41, 5.74) is 1.00. The zero-order valence-corrected chi connectivity index (χ0v) is 19.5. The third-order valence-electron chi connectivity index (χ3n) is 5.15. The Morgan fingerprint density at radius 1 is 1.17 bits per heavy atom. The van der Waals surface area contributed by atoms with Crippen molar-refractivity contribution in [3.8, 4) is 0 Å². The molecule has 0 aliphatic carbocycles. The molecule has 1 N–H and O–H groups in total. The van der Waals surface area contributed by atoms with Crippen LogP contribution in [0.15, 0.2) is 46.7 Å². The molecule has 0 spiro atoms. The molecule has 164 valence electrons. The Kier molecular flexibility index (Phi) is 7.89. The van der Waals surface area contributed by atoms with E-state index in [0.29, 0.717) is 10.9 Å². The lowest BCUT2D eigenvalue weighted by atomic mass is 10.1. The minimum absolute atomic E-state index is 0.125. The van der Waals surface area contributed by atoms with Crippen LogP contribution < -0.4 is 5.32 Å². The number of sulfonamides is 1. The van der Waals surface area contributed by atoms with Crippen LogP contribution in [0.4, 0.5) is 0 Å². The lowest BCUT2D eigenvalue weighted by Gasteiger charge is -2.35. The Labute approximate surface area is 187 Å². The summed E-state index contributed by atoms with van der Waals surface area (Å²) in [5, 5.41) is 3.03. The van der Waals surface area contributed by atoms with Crippen LogP contribution in [0.5, 0.6) is 0 Å². The molecule has 10 heteroatoms. The molecule has 1 aliphatic rings. The number of carbonyl (C=O) groups is 1. The minimum atomic E-state index is -3.76. The highest BCUT2D eigenvalue weighted by Gasteiger charge is 2.27. The fourth-order valence-electron chi connectivity index (χ4n) is 3.33. The van der Waals surface area contributed by atoms with Gasteiger partial charge in [0.2, 0.25) is 5.91 Å². The van der Waals surface area contributed by atoms with Gasteiger partial charge >= 0.3 is 0 Å². The molecular formula is C20H27ClN4O3S2. The Hall–Kier alpha value is -1.49. The molecule has 1 aliphatic heterocycles. The van der Waals surface area contributed by atoms with E-state index in [-0.39, 0.29) is 22.7 Å². The van der Waals surface area contributed by atoms with Crippen LogP contribution in [0.2, 0.25) is 4.34 Å². The van der Waals surface area contributed by atoms with Gasteiger partial charge in [0, 0.05) is 39.8 Å². The zero-order chi connectivity index (χ0) is 21.7. The van der Waals surface area contributed by atoms with E-state index in [1.54, 1.807) is 0 Å². The number of thiophene rings is 1. The maximum Gasteiger partial charge on any atom is 0.252 e. The molecule has 1 fully saturated rings. The van der Waals surface area contributed by atoms with E-state index in [1.165, 1.54) is 19.2 Å². The normalized spacial score (nSPS) is 17.2. The van der Waals surface area contributed by atoms with Crippen molar-refractivity contribution in [3.05, 3.63) is 52.4 Å². The van der Waals surface area contributed by atoms with Crippen molar-refractivity contribution >= 4 is 38.9 Å². The van der Waals surface area contributed by atoms with E-state index >= 15 is 0 Å². The topological polar surface area (TPSA) is 73.0 Å². The molecule has 7 nitrogen and oxygen atoms in total. The number of hydrogen-bond acceptors (Lipinski definition) is 6. The van der Waals surface area contributed by atoms with Gasteiger partial charge in [0.25, 0.3) is 10.0 Å². The predicted octanol–water partition coefficient (Wildman–Crippen LogP) is 2.13. The van der Waals surface area contributed by atoms with Crippen LogP contribution in [-0.2, 0) is 14.8 Å². The summed E-state index contributed by atoms with van der Waals surface area (Å²) in [6.45, 7) is 4.26. The van der Waals surface area contributed by atoms with Crippen LogP contribution in [-0.4, -0.2) is 81.8 Å². The summed E-state index contributed by atoms with van der Waals surface area (Å²) >= 11 is 6.84. The smallest absolute Gasteiger partial charge is 0.252 e. The third-order valence-corrected chi connectivity index (χ3v) is 8.66. The maximum atomic E-state index is 12.7. The largest absolute Gasteiger partial charge is 0.347 e. The number of halogens is 1. The quantitative estimate of drug-likeness (QED) is 0.639. The molecule has 1 unspecified atom stereocenters. The van der Waals surface area contributed by atoms with Gasteiger partial charge in [-0.3, -0.25) is 9.69 Å². The van der Waals surface area contributed by atoms with Gasteiger partial charge in [-0.05, 0) is 24.7 Å². The number of nitrogens with zero attached hydrogens (tertiary/aromatic N) is 3. The van der Waals surface area contributed by atoms with Crippen LogP contribution in [0.25, 0.3) is 0 Å². The first kappa shape index (κ1) is 23.2. The molecule has 1 atom stereocenters. The SMILES string of the molecule is CN1CCN(CC(NC(=O)CN(C)S(=O)(=O)c2ccc(Cl)s2)c2ccccc2)CC1. The second kappa shape index (κ2) is 10.2. The number of carbonyl (C=O) groups excluding carboxylic acids is 1. The van der Waals surface area contributed by atoms with Gasteiger partial charge in [0.1, 0.15) is 4.21 Å². The summed E-state index contributed by atoms with van der Waals surface area (Å²) in [6, 6.07) is 12.6. The van der Waals surface area contributed by atoms with Gasteiger partial charge in [0.15, 0.2) is 0 Å². The molecular weight excluding hydrogens is 444 g/mol. The molecule has 1 aromatic heterocycles. The lowest BCUT2D eigenvalue weighted by Crippen LogP contribution is -2.48. The van der Waals surface area contributed by atoms with Crippen molar-refractivity contribution in [2.45, 2.75) is 10.3 Å². The number of likely N-dealkylation sites (N-methyl/N-ethyl adjacent to an activating group) is 2. The number of nitrogens with one attached hydrogen (secondary N) is 1. The van der Waals surface area contributed by atoms with Gasteiger partial charge in [-0.15, -0.1) is 11.3 Å². The fraction of sp³-hybridized carbons (Fsp3) is 0.450. The average molecular weight is 471 g/mol. The molecule has 2 heterocycles. The average Bonchev–Trinajstić information content (AvgIpc) is 3.17. The number of piperazine rings is 1. The Morgan fingerprint density at radius 3 is 2.43 bits per heavy atom. The van der Waals surface area contributed by atoms with Gasteiger partial charge in [-0.2, -0.15) is 4.31 Å². The summed E-state index contributed by atoms with van der Waals surface area (Å²) < 4.78 is 26.9. The van der Waals surface area contributed by atoms with Crippen molar-refractivity contribution < 1.29 is 13.2 Å². The molecule has 1 aromatic carbocycles. The lowest BCUT2D eigenvalue weighted by molar-refractivity contribution is -0.122. The van der Waals surface area contributed by atoms with E-state index in [2.05, 4.69) is 22.2 Å². The molecule has 0 saturated carbocycles. The van der Waals surface area contributed by atoms with Crippen LogP contribution in [0.1, 0.15) is 11.6 Å². The van der Waals surface area contributed by atoms with Gasteiger partial charge < -0.3 is 10.2 Å². The fourth-order valence-corrected chi connectivity index (χ4v) is 6.15. The van der Waals surface area contributed by atoms with Gasteiger partial charge in [-0.25, -0.2) is 8.42 Å². The Bertz CT molecular complexity index is 944. The van der Waals surface area contributed by atoms with E-state index < -0.39 is 10.0 Å². The van der Waals surface area contributed by atoms with Crippen LogP contribution in [0.3, 0.4) is 0 Å². The summed E-state index contributed by atoms with van der Waals surface area (Å²) in [5.74, 6) is -0.341. The van der Waals surface area contributed by atoms with Gasteiger partial charge in [-0.1, -0.05) is 41.9 Å². The third kappa shape index (κ3) is 6.03. The Morgan fingerprint density at radius 2 is 1.83 bits per heavy atom. The van der Waals surface area contributed by atoms with Crippen molar-refractivity contribution in [3.63, 3.8) is 0 Å². The number of amides is 1. The molecule has 30 heavy (non-hydrogen) atoms. The molecule has 2 aromatic rings. The van der Waals surface area contributed by atoms with Crippen molar-refractivity contribution in [1.29, 1.82) is 0 Å². The first-order chi connectivity index (χ1) is 14.3. The molecule has 0 radical (unpaired) electrons. The standard InChI is InChI=1S/C20H27ClN4O3S2/c1-23-10-12-25(13-11-23)14-17(16-6-4-3-5-7-16)22-19(26)15-24(2)30(27,28)20-9-8-18(21)29-20/h3-9,17H,10-15H2,1-2H3,(H,22,26). The first-order valence-electron chi connectivity index (χ1n) is 9.72. The second-order valence-corrected chi connectivity index (χ2v) is 11.4. The summed E-state index contributed by atoms with van der Waals surface area (Å²) in [7, 11) is -0.251. The van der Waals surface area contributed by atoms with E-state index in [4.69, 9.17) is 11.6 Å². The monoisotopic (exact) mass is 470 g/mol. The van der Waals surface area contributed by atoms with Crippen LogP contribution >= 0.6 is 22.9 Å². The molecule has 0 bridgehead atoms. The summed E-state index contributed by atoms with van der Waals surface area (Å²) in [6.07, 6.45) is 0. The van der Waals surface area contributed by atoms with Crippen molar-refractivity contribution in [1.82, 2.24) is 19.4 Å². The highest BCUT2D eigenvalue weighted by Crippen LogP contribution is 2.27. The molecule has 3 rings (SSSR count). The zero-order valence-electron chi connectivity index (χ0n) is 17.1. The highest BCUT2D eigenvalue weighted by molar-refractivity contribution is 7.91. The van der Waals surface area contributed by atoms with E-state index in [9.17, 15) is 13.2 Å². The number of benzene rings is 1. The molecule has 1 amide bonds. The van der Waals surface area contributed by atoms with E-state index in [0.717, 1.165) is 47.4 Å². The van der Waals surface area contributed by atoms with Gasteiger partial charge in [0.05, 0.1) is 16.9 Å². The summed E-state index contributed by atoms with van der Waals surface area (Å²) in [4.78, 5) is 17.4. The second-order valence-electron chi connectivity index (χ2n) is 7.45. The first-order valence-corrected chi connectivity index (χ1v) is 12.4. The van der Waals surface area contributed by atoms with Crippen molar-refractivity contribution in [2.24, 2.45) is 0 Å². The predicted molar refractivity (Wildman–Crippen MR) is 120 cm³/mol. The van der Waals surface area contributed by atoms with Crippen molar-refractivity contribution in [2.75, 3.05) is 53.4 Å². The van der Waals surface area contributed by atoms with E-state index in [1.807, 2.05) is 30.3 Å². The molecule has 1 saturated heterocycles. The van der Waals surface area contributed by atoms with Crippen LogP contribution in [0, 0.1) is 0 Å². The minimum Gasteiger partial charge on any atom is -0.347 e. The Balaban J connectivity index is 1.67.